The Hall–Kier alpha value is -1.94. The summed E-state index contributed by atoms with van der Waals surface area (Å²) < 4.78 is 68.4. The van der Waals surface area contributed by atoms with Crippen LogP contribution in [0.1, 0.15) is 376 Å². The van der Waals surface area contributed by atoms with Crippen molar-refractivity contribution in [3.63, 3.8) is 0 Å². The molecule has 3 N–H and O–H groups in total. The molecule has 17 nitrogen and oxygen atoms in total. The quantitative estimate of drug-likeness (QED) is 0.0222. The highest BCUT2D eigenvalue weighted by molar-refractivity contribution is 7.47. The maximum atomic E-state index is 13.1. The number of hydrogen-bond acceptors (Lipinski definition) is 15. The number of rotatable bonds is 72. The smallest absolute Gasteiger partial charge is 0.462 e. The van der Waals surface area contributed by atoms with E-state index in [1.165, 1.54) is 173 Å². The van der Waals surface area contributed by atoms with E-state index in [0.717, 1.165) is 114 Å². The van der Waals surface area contributed by atoms with E-state index in [1.54, 1.807) is 0 Å². The van der Waals surface area contributed by atoms with Crippen molar-refractivity contribution in [3.8, 4) is 0 Å². The van der Waals surface area contributed by atoms with Crippen LogP contribution in [0.5, 0.6) is 0 Å². The van der Waals surface area contributed by atoms with Gasteiger partial charge in [0.15, 0.2) is 12.2 Å². The third-order valence-corrected chi connectivity index (χ3v) is 19.6. The van der Waals surface area contributed by atoms with Gasteiger partial charge in [0, 0.05) is 25.7 Å². The summed E-state index contributed by atoms with van der Waals surface area (Å²) >= 11 is 0. The lowest BCUT2D eigenvalue weighted by Gasteiger charge is -2.21. The van der Waals surface area contributed by atoms with Gasteiger partial charge in [-0.2, -0.15) is 0 Å². The molecular formula is C75H146O17P2. The van der Waals surface area contributed by atoms with Crippen molar-refractivity contribution in [2.45, 2.75) is 395 Å². The summed E-state index contributed by atoms with van der Waals surface area (Å²) in [6.45, 7) is 14.1. The Morgan fingerprint density at radius 3 is 0.755 bits per heavy atom. The normalized spacial score (nSPS) is 14.4. The van der Waals surface area contributed by atoms with Crippen molar-refractivity contribution in [1.82, 2.24) is 0 Å². The molecule has 0 bridgehead atoms. The summed E-state index contributed by atoms with van der Waals surface area (Å²) in [4.78, 5) is 72.7. The van der Waals surface area contributed by atoms with E-state index >= 15 is 0 Å². The first-order valence-electron chi connectivity index (χ1n) is 38.7. The topological polar surface area (TPSA) is 237 Å². The average molecular weight is 1380 g/mol. The van der Waals surface area contributed by atoms with Crippen molar-refractivity contribution in [2.24, 2.45) is 23.7 Å². The molecule has 0 rings (SSSR count). The van der Waals surface area contributed by atoms with Gasteiger partial charge in [-0.25, -0.2) is 9.13 Å². The first-order valence-corrected chi connectivity index (χ1v) is 41.7. The second-order valence-corrected chi connectivity index (χ2v) is 31.6. The lowest BCUT2D eigenvalue weighted by molar-refractivity contribution is -0.161. The number of aliphatic hydroxyl groups is 1. The Morgan fingerprint density at radius 2 is 0.511 bits per heavy atom. The zero-order valence-electron chi connectivity index (χ0n) is 61.6. The van der Waals surface area contributed by atoms with Gasteiger partial charge in [0.2, 0.25) is 0 Å². The third-order valence-electron chi connectivity index (χ3n) is 17.7. The summed E-state index contributed by atoms with van der Waals surface area (Å²) in [5, 5.41) is 10.6. The fourth-order valence-electron chi connectivity index (χ4n) is 11.3. The van der Waals surface area contributed by atoms with Crippen molar-refractivity contribution >= 4 is 39.5 Å². The predicted octanol–water partition coefficient (Wildman–Crippen LogP) is 21.7. The molecule has 0 aromatic rings. The van der Waals surface area contributed by atoms with Crippen LogP contribution in [0.15, 0.2) is 0 Å². The molecule has 0 saturated heterocycles. The number of phosphoric ester groups is 2. The van der Waals surface area contributed by atoms with E-state index in [4.69, 9.17) is 37.0 Å². The SMILES string of the molecule is CCC(C)CCCCCCCCCCC(=O)OC[C@H](COP(=O)(O)OC[C@@H](O)COP(=O)(O)OC[C@@H](COC(=O)CCCCCCCCC(C)C)OC(=O)CCCCCCCCCCCCCC(C)C)OC(=O)CCCCCCCCCCCCCCCCCCC(C)C. The van der Waals surface area contributed by atoms with Crippen molar-refractivity contribution in [2.75, 3.05) is 39.6 Å². The Balaban J connectivity index is 5.22. The minimum atomic E-state index is -4.96. The molecule has 0 radical (unpaired) electrons. The second-order valence-electron chi connectivity index (χ2n) is 28.7. The van der Waals surface area contributed by atoms with Crippen LogP contribution in [-0.4, -0.2) is 96.7 Å². The maximum Gasteiger partial charge on any atom is 0.472 e. The number of aliphatic hydroxyl groups excluding tert-OH is 1. The van der Waals surface area contributed by atoms with E-state index in [1.807, 2.05) is 0 Å². The monoisotopic (exact) mass is 1380 g/mol. The summed E-state index contributed by atoms with van der Waals surface area (Å²) in [5.41, 5.74) is 0. The molecule has 0 aliphatic heterocycles. The highest BCUT2D eigenvalue weighted by Crippen LogP contribution is 2.45. The number of carbonyl (C=O) groups is 4. The van der Waals surface area contributed by atoms with Gasteiger partial charge in [0.1, 0.15) is 19.3 Å². The van der Waals surface area contributed by atoms with Gasteiger partial charge in [0.05, 0.1) is 26.4 Å². The largest absolute Gasteiger partial charge is 0.472 e. The molecule has 0 spiro atoms. The van der Waals surface area contributed by atoms with Crippen LogP contribution in [0.3, 0.4) is 0 Å². The van der Waals surface area contributed by atoms with E-state index in [9.17, 15) is 43.2 Å². The fraction of sp³-hybridized carbons (Fsp3) is 0.947. The minimum absolute atomic E-state index is 0.105. The lowest BCUT2D eigenvalue weighted by Crippen LogP contribution is -2.30. The molecule has 94 heavy (non-hydrogen) atoms. The highest BCUT2D eigenvalue weighted by atomic mass is 31.2. The van der Waals surface area contributed by atoms with E-state index < -0.39 is 97.5 Å². The van der Waals surface area contributed by atoms with Crippen LogP contribution in [0.25, 0.3) is 0 Å². The summed E-state index contributed by atoms with van der Waals surface area (Å²) in [6, 6.07) is 0. The molecule has 0 amide bonds. The van der Waals surface area contributed by atoms with Crippen LogP contribution < -0.4 is 0 Å². The standard InChI is InChI=1S/C75H146O17P2/c1-9-68(8)54-46-38-29-25-26-30-39-47-55-72(77)85-61-70(91-74(79)57-49-41-31-23-19-15-13-11-10-12-14-17-21-27-35-43-51-65(2)3)63-89-93(81,82)87-59-69(76)60-88-94(83,84)90-64-71(62-86-73(78)56-48-40-34-33-37-45-53-67(6)7)92-75(80)58-50-42-32-24-20-16-18-22-28-36-44-52-66(4)5/h65-71,76H,9-64H2,1-8H3,(H,81,82)(H,83,84)/t68?,69-,70-,71-/m1/s1. The van der Waals surface area contributed by atoms with E-state index in [2.05, 4.69) is 55.4 Å². The lowest BCUT2D eigenvalue weighted by atomic mass is 9.99. The highest BCUT2D eigenvalue weighted by Gasteiger charge is 2.30. The summed E-state index contributed by atoms with van der Waals surface area (Å²) in [7, 11) is -9.91. The van der Waals surface area contributed by atoms with E-state index in [-0.39, 0.29) is 25.7 Å². The Kier molecular flexibility index (Phi) is 63.1. The van der Waals surface area contributed by atoms with Gasteiger partial charge < -0.3 is 33.8 Å². The van der Waals surface area contributed by atoms with Gasteiger partial charge in [-0.05, 0) is 49.4 Å². The molecule has 6 atom stereocenters. The van der Waals surface area contributed by atoms with Gasteiger partial charge in [0.25, 0.3) is 0 Å². The Morgan fingerprint density at radius 1 is 0.298 bits per heavy atom. The van der Waals surface area contributed by atoms with Crippen molar-refractivity contribution in [3.05, 3.63) is 0 Å². The predicted molar refractivity (Wildman–Crippen MR) is 381 cm³/mol. The van der Waals surface area contributed by atoms with Gasteiger partial charge in [-0.1, -0.05) is 325 Å². The van der Waals surface area contributed by atoms with Gasteiger partial charge >= 0.3 is 39.5 Å². The number of ether oxygens (including phenoxy) is 4. The molecule has 0 fully saturated rings. The summed E-state index contributed by atoms with van der Waals surface area (Å²) in [5.74, 6) is 0.907. The van der Waals surface area contributed by atoms with Crippen LogP contribution in [0.2, 0.25) is 0 Å². The number of phosphoric acid groups is 2. The van der Waals surface area contributed by atoms with Crippen LogP contribution in [-0.2, 0) is 65.4 Å². The van der Waals surface area contributed by atoms with Crippen LogP contribution in [0, 0.1) is 23.7 Å². The number of carbonyl (C=O) groups excluding carboxylic acids is 4. The van der Waals surface area contributed by atoms with Crippen molar-refractivity contribution in [1.29, 1.82) is 0 Å². The van der Waals surface area contributed by atoms with E-state index in [0.29, 0.717) is 31.6 Å². The first kappa shape index (κ1) is 92.1. The number of hydrogen-bond donors (Lipinski definition) is 3. The molecule has 0 heterocycles. The Bertz CT molecular complexity index is 1850. The Labute approximate surface area is 575 Å². The molecule has 19 heteroatoms. The molecule has 0 aliphatic rings. The molecule has 558 valence electrons. The molecule has 0 aliphatic carbocycles. The summed E-state index contributed by atoms with van der Waals surface area (Å²) in [6.07, 6.45) is 48.7. The molecule has 0 aromatic heterocycles. The first-order chi connectivity index (χ1) is 45.1. The fourth-order valence-corrected chi connectivity index (χ4v) is 12.9. The van der Waals surface area contributed by atoms with Crippen LogP contribution in [0.4, 0.5) is 0 Å². The zero-order valence-corrected chi connectivity index (χ0v) is 63.4. The second kappa shape index (κ2) is 64.4. The van der Waals surface area contributed by atoms with Crippen molar-refractivity contribution < 1.29 is 80.2 Å². The molecule has 0 aromatic carbocycles. The maximum absolute atomic E-state index is 13.1. The zero-order chi connectivity index (χ0) is 69.6. The number of esters is 4. The average Bonchev–Trinajstić information content (AvgIpc) is 1.36. The molecule has 3 unspecified atom stereocenters. The van der Waals surface area contributed by atoms with Crippen LogP contribution >= 0.6 is 15.6 Å². The van der Waals surface area contributed by atoms with Gasteiger partial charge in [-0.3, -0.25) is 37.3 Å². The number of unbranched alkanes of at least 4 members (excludes halogenated alkanes) is 37. The van der Waals surface area contributed by atoms with Gasteiger partial charge in [-0.15, -0.1) is 0 Å². The molecular weight excluding hydrogens is 1230 g/mol. The minimum Gasteiger partial charge on any atom is -0.462 e. The third kappa shape index (κ3) is 67.3. The molecule has 0 saturated carbocycles.